The van der Waals surface area contributed by atoms with E-state index in [4.69, 9.17) is 14.2 Å². The molecule has 1 aliphatic heterocycles. The fraction of sp³-hybridized carbons (Fsp3) is 0.680. The molecule has 0 aromatic rings. The number of carbonyl (C=O) groups is 2. The fourth-order valence-corrected chi connectivity index (χ4v) is 3.97. The molecular formula is C25H36O5. The molecule has 1 saturated heterocycles. The van der Waals surface area contributed by atoms with Crippen molar-refractivity contribution in [2.24, 2.45) is 11.3 Å². The number of allylic oxidation sites excluding steroid dienone is 4. The third-order valence-electron chi connectivity index (χ3n) is 5.78. The van der Waals surface area contributed by atoms with E-state index in [1.54, 1.807) is 0 Å². The predicted octanol–water partition coefficient (Wildman–Crippen LogP) is 4.75. The lowest BCUT2D eigenvalue weighted by Crippen LogP contribution is -2.42. The molecule has 5 heteroatoms. The zero-order valence-corrected chi connectivity index (χ0v) is 18.5. The van der Waals surface area contributed by atoms with Crippen molar-refractivity contribution in [2.75, 3.05) is 20.3 Å². The summed E-state index contributed by atoms with van der Waals surface area (Å²) in [5.74, 6) is 5.49. The molecule has 166 valence electrons. The minimum atomic E-state index is -1.16. The lowest BCUT2D eigenvalue weighted by Gasteiger charge is -2.29. The highest BCUT2D eigenvalue weighted by atomic mass is 16.7. The average molecular weight is 417 g/mol. The van der Waals surface area contributed by atoms with Crippen LogP contribution in [0.1, 0.15) is 71.1 Å². The summed E-state index contributed by atoms with van der Waals surface area (Å²) in [5, 5.41) is 0. The number of carbonyl (C=O) groups excluding carboxylic acids is 2. The quantitative estimate of drug-likeness (QED) is 0.160. The maximum atomic E-state index is 12.6. The molecule has 5 nitrogen and oxygen atoms in total. The van der Waals surface area contributed by atoms with Crippen molar-refractivity contribution in [1.29, 1.82) is 0 Å². The van der Waals surface area contributed by atoms with Gasteiger partial charge in [-0.15, -0.1) is 11.8 Å². The van der Waals surface area contributed by atoms with Crippen molar-refractivity contribution in [3.63, 3.8) is 0 Å². The predicted molar refractivity (Wildman–Crippen MR) is 117 cm³/mol. The zero-order valence-electron chi connectivity index (χ0n) is 18.5. The van der Waals surface area contributed by atoms with Crippen molar-refractivity contribution in [3.05, 3.63) is 24.3 Å². The summed E-state index contributed by atoms with van der Waals surface area (Å²) >= 11 is 0. The summed E-state index contributed by atoms with van der Waals surface area (Å²) in [5.41, 5.74) is -1.16. The van der Waals surface area contributed by atoms with Gasteiger partial charge in [-0.05, 0) is 51.0 Å². The Morgan fingerprint density at radius 1 is 1.27 bits per heavy atom. The van der Waals surface area contributed by atoms with E-state index in [9.17, 15) is 9.59 Å². The number of hydrogen-bond acceptors (Lipinski definition) is 5. The van der Waals surface area contributed by atoms with Crippen molar-refractivity contribution in [2.45, 2.75) is 77.4 Å². The van der Waals surface area contributed by atoms with Gasteiger partial charge in [0, 0.05) is 32.0 Å². The molecule has 0 spiro atoms. The molecule has 0 N–H and O–H groups in total. The van der Waals surface area contributed by atoms with Crippen LogP contribution in [-0.2, 0) is 23.8 Å². The smallest absolute Gasteiger partial charge is 0.320 e. The number of hydrogen-bond donors (Lipinski definition) is 0. The van der Waals surface area contributed by atoms with E-state index < -0.39 is 11.4 Å². The normalized spacial score (nSPS) is 26.0. The van der Waals surface area contributed by atoms with Crippen LogP contribution in [0.5, 0.6) is 0 Å². The lowest BCUT2D eigenvalue weighted by atomic mass is 9.72. The molecule has 2 rings (SSSR count). The molecule has 0 radical (unpaired) electrons. The highest BCUT2D eigenvalue weighted by molar-refractivity contribution is 6.12. The molecule has 0 saturated carbocycles. The van der Waals surface area contributed by atoms with Crippen LogP contribution in [0.2, 0.25) is 0 Å². The monoisotopic (exact) mass is 416 g/mol. The van der Waals surface area contributed by atoms with E-state index in [0.29, 0.717) is 12.8 Å². The molecule has 1 fully saturated rings. The fourth-order valence-electron chi connectivity index (χ4n) is 3.97. The number of unbranched alkanes of at least 4 members (excludes halogenated alkanes) is 3. The number of ether oxygens (including phenoxy) is 3. The van der Waals surface area contributed by atoms with Crippen LogP contribution >= 0.6 is 0 Å². The van der Waals surface area contributed by atoms with Crippen molar-refractivity contribution in [1.82, 2.24) is 0 Å². The second-order valence-corrected chi connectivity index (χ2v) is 7.91. The first kappa shape index (κ1) is 24.4. The number of ketones is 1. The van der Waals surface area contributed by atoms with E-state index in [1.165, 1.54) is 19.6 Å². The molecule has 30 heavy (non-hydrogen) atoms. The van der Waals surface area contributed by atoms with E-state index in [0.717, 1.165) is 58.2 Å². The molecule has 2 aliphatic rings. The highest BCUT2D eigenvalue weighted by Crippen LogP contribution is 2.42. The Hall–Kier alpha value is -1.90. The summed E-state index contributed by atoms with van der Waals surface area (Å²) in [6.07, 6.45) is 16.1. The third kappa shape index (κ3) is 6.82. The van der Waals surface area contributed by atoms with Crippen molar-refractivity contribution < 1.29 is 23.8 Å². The largest absolute Gasteiger partial charge is 0.468 e. The van der Waals surface area contributed by atoms with Crippen molar-refractivity contribution in [3.8, 4) is 11.8 Å². The number of methoxy groups -OCH3 is 1. The Morgan fingerprint density at radius 2 is 2.13 bits per heavy atom. The first-order valence-corrected chi connectivity index (χ1v) is 11.3. The van der Waals surface area contributed by atoms with Crippen LogP contribution in [-0.4, -0.2) is 38.4 Å². The summed E-state index contributed by atoms with van der Waals surface area (Å²) in [6.45, 7) is 3.57. The highest BCUT2D eigenvalue weighted by Gasteiger charge is 2.52. The van der Waals surface area contributed by atoms with Gasteiger partial charge in [0.2, 0.25) is 0 Å². The molecule has 1 heterocycles. The second-order valence-electron chi connectivity index (χ2n) is 7.91. The second kappa shape index (κ2) is 13.4. The zero-order chi connectivity index (χ0) is 21.7. The third-order valence-corrected chi connectivity index (χ3v) is 5.78. The molecule has 0 aromatic carbocycles. The molecule has 0 aromatic heterocycles. The summed E-state index contributed by atoms with van der Waals surface area (Å²) in [6, 6.07) is 0. The standard InChI is InChI=1S/C25H36O5/c1-3-4-11-18-25(24(27)28-2)21(16-17-22(25)26)14-9-7-5-6-8-12-19-29-23-15-10-13-20-30-23/h4,11,16-17,21,23H,3,5-6,8,10,12-15,18-20H2,1-2H3. The van der Waals surface area contributed by atoms with E-state index in [1.807, 2.05) is 25.2 Å². The van der Waals surface area contributed by atoms with Crippen LogP contribution in [0, 0.1) is 23.2 Å². The lowest BCUT2D eigenvalue weighted by molar-refractivity contribution is -0.162. The topological polar surface area (TPSA) is 61.8 Å². The van der Waals surface area contributed by atoms with Gasteiger partial charge in [-0.25, -0.2) is 0 Å². The molecule has 1 aliphatic carbocycles. The van der Waals surface area contributed by atoms with Crippen LogP contribution in [0.3, 0.4) is 0 Å². The van der Waals surface area contributed by atoms with Gasteiger partial charge in [0.05, 0.1) is 7.11 Å². The van der Waals surface area contributed by atoms with Crippen LogP contribution < -0.4 is 0 Å². The van der Waals surface area contributed by atoms with Gasteiger partial charge < -0.3 is 14.2 Å². The maximum Gasteiger partial charge on any atom is 0.320 e. The molecule has 0 amide bonds. The van der Waals surface area contributed by atoms with Gasteiger partial charge in [-0.2, -0.15) is 0 Å². The van der Waals surface area contributed by atoms with Crippen LogP contribution in [0.15, 0.2) is 24.3 Å². The Bertz CT molecular complexity index is 663. The first-order valence-electron chi connectivity index (χ1n) is 11.3. The minimum absolute atomic E-state index is 0.0111. The van der Waals surface area contributed by atoms with Gasteiger partial charge in [0.15, 0.2) is 12.1 Å². The molecule has 3 atom stereocenters. The first-order chi connectivity index (χ1) is 14.6. The van der Waals surface area contributed by atoms with Crippen LogP contribution in [0.4, 0.5) is 0 Å². The van der Waals surface area contributed by atoms with Gasteiger partial charge in [0.25, 0.3) is 0 Å². The Labute approximate surface area is 181 Å². The van der Waals surface area contributed by atoms with Crippen molar-refractivity contribution >= 4 is 11.8 Å². The SMILES string of the molecule is CCC=CCC1(C(=O)OC)C(=O)C=CC1CC#CCCCCCOC1CCCCO1. The van der Waals surface area contributed by atoms with Gasteiger partial charge >= 0.3 is 5.97 Å². The molecule has 3 unspecified atom stereocenters. The summed E-state index contributed by atoms with van der Waals surface area (Å²) < 4.78 is 16.3. The van der Waals surface area contributed by atoms with Gasteiger partial charge in [0.1, 0.15) is 5.41 Å². The van der Waals surface area contributed by atoms with E-state index in [-0.39, 0.29) is 18.0 Å². The number of esters is 1. The van der Waals surface area contributed by atoms with Gasteiger partial charge in [-0.1, -0.05) is 31.6 Å². The Kier molecular flexibility index (Phi) is 10.9. The summed E-state index contributed by atoms with van der Waals surface area (Å²) in [7, 11) is 1.34. The minimum Gasteiger partial charge on any atom is -0.468 e. The maximum absolute atomic E-state index is 12.6. The number of rotatable bonds is 11. The van der Waals surface area contributed by atoms with E-state index in [2.05, 4.69) is 11.8 Å². The Morgan fingerprint density at radius 3 is 2.87 bits per heavy atom. The molecule has 0 bridgehead atoms. The van der Waals surface area contributed by atoms with E-state index >= 15 is 0 Å². The van der Waals surface area contributed by atoms with Crippen LogP contribution in [0.25, 0.3) is 0 Å². The summed E-state index contributed by atoms with van der Waals surface area (Å²) in [4.78, 5) is 25.1. The average Bonchev–Trinajstić information content (AvgIpc) is 3.09. The molecular weight excluding hydrogens is 380 g/mol. The van der Waals surface area contributed by atoms with Gasteiger partial charge in [-0.3, -0.25) is 9.59 Å². The Balaban J connectivity index is 1.73.